The molecule has 6 aromatic rings. The molecule has 6 rings (SSSR count). The fourth-order valence-corrected chi connectivity index (χ4v) is 4.54. The Morgan fingerprint density at radius 1 is 0.949 bits per heavy atom. The number of aromatic nitrogens is 5. The Hall–Kier alpha value is -5.44. The van der Waals surface area contributed by atoms with Gasteiger partial charge in [0.2, 0.25) is 5.88 Å². The molecule has 0 aliphatic heterocycles. The van der Waals surface area contributed by atoms with Crippen LogP contribution in [0, 0.1) is 0 Å². The summed E-state index contributed by atoms with van der Waals surface area (Å²) in [5, 5.41) is 18.0. The Balaban J connectivity index is 1.32. The van der Waals surface area contributed by atoms with E-state index in [4.69, 9.17) is 4.74 Å². The highest BCUT2D eigenvalue weighted by Crippen LogP contribution is 2.36. The summed E-state index contributed by atoms with van der Waals surface area (Å²) in [4.78, 5) is 25.4. The van der Waals surface area contributed by atoms with Gasteiger partial charge in [-0.3, -0.25) is 9.48 Å². The molecule has 0 bridgehead atoms. The highest BCUT2D eigenvalue weighted by atomic mass is 16.5. The van der Waals surface area contributed by atoms with E-state index in [0.29, 0.717) is 39.7 Å². The van der Waals surface area contributed by atoms with Crippen molar-refractivity contribution >= 4 is 22.8 Å². The van der Waals surface area contributed by atoms with Crippen molar-refractivity contribution in [2.24, 2.45) is 7.05 Å². The van der Waals surface area contributed by atoms with Crippen LogP contribution in [0.4, 0.5) is 5.82 Å². The van der Waals surface area contributed by atoms with Gasteiger partial charge in [-0.1, -0.05) is 36.4 Å². The maximum atomic E-state index is 13.2. The summed E-state index contributed by atoms with van der Waals surface area (Å²) >= 11 is 0. The van der Waals surface area contributed by atoms with Crippen molar-refractivity contribution in [1.29, 1.82) is 0 Å². The lowest BCUT2D eigenvalue weighted by Gasteiger charge is -2.09. The second kappa shape index (κ2) is 9.79. The molecule has 0 radical (unpaired) electrons. The van der Waals surface area contributed by atoms with E-state index < -0.39 is 0 Å². The molecule has 0 spiro atoms. The summed E-state index contributed by atoms with van der Waals surface area (Å²) in [7, 11) is 3.35. The number of carbonyl (C=O) groups is 1. The third-order valence-electron chi connectivity index (χ3n) is 6.53. The number of amides is 1. The van der Waals surface area contributed by atoms with E-state index in [1.165, 1.54) is 0 Å². The van der Waals surface area contributed by atoms with Crippen molar-refractivity contribution in [3.05, 3.63) is 96.8 Å². The molecule has 192 valence electrons. The van der Waals surface area contributed by atoms with Gasteiger partial charge in [0.05, 0.1) is 29.9 Å². The van der Waals surface area contributed by atoms with Crippen LogP contribution < -0.4 is 10.1 Å². The maximum Gasteiger partial charge on any atom is 0.256 e. The second-order valence-electron chi connectivity index (χ2n) is 8.96. The molecule has 3 heterocycles. The number of phenols is 1. The lowest BCUT2D eigenvalue weighted by molar-refractivity contribution is 0.102. The number of benzene rings is 3. The average molecular weight is 517 g/mol. The Bertz CT molecular complexity index is 1820. The third kappa shape index (κ3) is 4.46. The van der Waals surface area contributed by atoms with Crippen LogP contribution in [0.3, 0.4) is 0 Å². The predicted molar refractivity (Wildman–Crippen MR) is 150 cm³/mol. The molecule has 0 atom stereocenters. The number of rotatable bonds is 6. The van der Waals surface area contributed by atoms with Crippen molar-refractivity contribution in [3.8, 4) is 45.3 Å². The molecule has 0 aliphatic rings. The van der Waals surface area contributed by atoms with Crippen molar-refractivity contribution in [2.45, 2.75) is 0 Å². The minimum atomic E-state index is -0.276. The largest absolute Gasteiger partial charge is 0.507 e. The first kappa shape index (κ1) is 23.9. The lowest BCUT2D eigenvalue weighted by Crippen LogP contribution is -2.15. The van der Waals surface area contributed by atoms with Crippen molar-refractivity contribution < 1.29 is 14.6 Å². The SMILES string of the molecule is COc1ncccc1-c1ccc(O)c(-c2nc3ccc(C(=O)Nc4c(-c5ccccc5)cnn4C)cc3[nH]2)c1. The number of imidazole rings is 1. The van der Waals surface area contributed by atoms with Crippen molar-refractivity contribution in [1.82, 2.24) is 24.7 Å². The first-order chi connectivity index (χ1) is 19.0. The Morgan fingerprint density at radius 3 is 2.62 bits per heavy atom. The number of hydrogen-bond acceptors (Lipinski definition) is 6. The molecule has 3 aromatic heterocycles. The van der Waals surface area contributed by atoms with Crippen molar-refractivity contribution in [2.75, 3.05) is 12.4 Å². The molecule has 9 heteroatoms. The number of anilines is 1. The normalized spacial score (nSPS) is 11.0. The van der Waals surface area contributed by atoms with Gasteiger partial charge in [0, 0.05) is 29.9 Å². The summed E-state index contributed by atoms with van der Waals surface area (Å²) in [5.41, 5.74) is 5.70. The second-order valence-corrected chi connectivity index (χ2v) is 8.96. The highest BCUT2D eigenvalue weighted by Gasteiger charge is 2.17. The summed E-state index contributed by atoms with van der Waals surface area (Å²) in [6.45, 7) is 0. The van der Waals surface area contributed by atoms with Gasteiger partial charge in [0.1, 0.15) is 17.4 Å². The van der Waals surface area contributed by atoms with Crippen LogP contribution in [0.5, 0.6) is 11.6 Å². The van der Waals surface area contributed by atoms with E-state index in [2.05, 4.69) is 25.4 Å². The van der Waals surface area contributed by atoms with E-state index >= 15 is 0 Å². The van der Waals surface area contributed by atoms with Gasteiger partial charge in [-0.15, -0.1) is 0 Å². The summed E-state index contributed by atoms with van der Waals surface area (Å²) in [6, 6.07) is 24.0. The zero-order chi connectivity index (χ0) is 26.9. The first-order valence-electron chi connectivity index (χ1n) is 12.2. The van der Waals surface area contributed by atoms with E-state index in [9.17, 15) is 9.90 Å². The number of nitrogens with one attached hydrogen (secondary N) is 2. The Kier molecular flexibility index (Phi) is 6.01. The highest BCUT2D eigenvalue weighted by molar-refractivity contribution is 6.07. The molecule has 0 saturated heterocycles. The number of methoxy groups -OCH3 is 1. The zero-order valence-corrected chi connectivity index (χ0v) is 21.2. The third-order valence-corrected chi connectivity index (χ3v) is 6.53. The molecule has 3 aromatic carbocycles. The lowest BCUT2D eigenvalue weighted by atomic mass is 10.0. The van der Waals surface area contributed by atoms with Crippen LogP contribution in [0.15, 0.2) is 91.3 Å². The van der Waals surface area contributed by atoms with E-state index in [1.54, 1.807) is 61.6 Å². The van der Waals surface area contributed by atoms with Gasteiger partial charge in [0.25, 0.3) is 5.91 Å². The first-order valence-corrected chi connectivity index (χ1v) is 12.2. The van der Waals surface area contributed by atoms with Gasteiger partial charge in [0.15, 0.2) is 0 Å². The smallest absolute Gasteiger partial charge is 0.256 e. The fourth-order valence-electron chi connectivity index (χ4n) is 4.54. The van der Waals surface area contributed by atoms with Crippen molar-refractivity contribution in [3.63, 3.8) is 0 Å². The van der Waals surface area contributed by atoms with E-state index in [1.807, 2.05) is 48.5 Å². The van der Waals surface area contributed by atoms with Gasteiger partial charge in [-0.25, -0.2) is 9.97 Å². The number of ether oxygens (including phenoxy) is 1. The number of pyridine rings is 1. The molecule has 0 saturated carbocycles. The Labute approximate surface area is 223 Å². The molecule has 3 N–H and O–H groups in total. The number of carbonyl (C=O) groups excluding carboxylic acids is 1. The van der Waals surface area contributed by atoms with Crippen LogP contribution in [0.2, 0.25) is 0 Å². The summed E-state index contributed by atoms with van der Waals surface area (Å²) in [5.74, 6) is 1.36. The maximum absolute atomic E-state index is 13.2. The van der Waals surface area contributed by atoms with Gasteiger partial charge in [-0.05, 0) is 53.6 Å². The van der Waals surface area contributed by atoms with E-state index in [0.717, 1.165) is 22.3 Å². The minimum absolute atomic E-state index is 0.0725. The molecular weight excluding hydrogens is 492 g/mol. The predicted octanol–water partition coefficient (Wildman–Crippen LogP) is 5.66. The number of H-pyrrole nitrogens is 1. The van der Waals surface area contributed by atoms with Crippen LogP contribution in [-0.4, -0.2) is 42.9 Å². The van der Waals surface area contributed by atoms with E-state index in [-0.39, 0.29) is 11.7 Å². The topological polar surface area (TPSA) is 118 Å². The molecular formula is C30H24N6O3. The molecule has 0 fully saturated rings. The number of aromatic amines is 1. The molecule has 0 aliphatic carbocycles. The molecule has 9 nitrogen and oxygen atoms in total. The van der Waals surface area contributed by atoms with Crippen LogP contribution >= 0.6 is 0 Å². The summed E-state index contributed by atoms with van der Waals surface area (Å²) in [6.07, 6.45) is 3.39. The average Bonchev–Trinajstić information content (AvgIpc) is 3.56. The zero-order valence-electron chi connectivity index (χ0n) is 21.2. The molecule has 39 heavy (non-hydrogen) atoms. The number of nitrogens with zero attached hydrogens (tertiary/aromatic N) is 4. The van der Waals surface area contributed by atoms with Gasteiger partial charge < -0.3 is 20.1 Å². The van der Waals surface area contributed by atoms with Gasteiger partial charge in [-0.2, -0.15) is 5.10 Å². The number of aryl methyl sites for hydroxylation is 1. The fraction of sp³-hybridized carbons (Fsp3) is 0.0667. The number of phenolic OH excluding ortho intramolecular Hbond substituents is 1. The number of aromatic hydroxyl groups is 1. The quantitative estimate of drug-likeness (QED) is 0.263. The number of hydrogen-bond donors (Lipinski definition) is 3. The Morgan fingerprint density at radius 2 is 1.79 bits per heavy atom. The van der Waals surface area contributed by atoms with Crippen LogP contribution in [-0.2, 0) is 7.05 Å². The number of fused-ring (bicyclic) bond motifs is 1. The van der Waals surface area contributed by atoms with Gasteiger partial charge >= 0.3 is 0 Å². The monoisotopic (exact) mass is 516 g/mol. The standard InChI is InChI=1S/C30H24N6O3/c1-36-28(23(17-32-36)18-7-4-3-5-8-18)35-29(38)20-10-12-24-25(16-20)34-27(33-24)22-15-19(11-13-26(22)37)21-9-6-14-31-30(21)39-2/h3-17,37H,1-2H3,(H,33,34)(H,35,38). The molecule has 0 unspecified atom stereocenters. The summed E-state index contributed by atoms with van der Waals surface area (Å²) < 4.78 is 7.03. The molecule has 1 amide bonds. The van der Waals surface area contributed by atoms with Crippen LogP contribution in [0.1, 0.15) is 10.4 Å². The van der Waals surface area contributed by atoms with Crippen LogP contribution in [0.25, 0.3) is 44.7 Å². The minimum Gasteiger partial charge on any atom is -0.507 e.